The summed E-state index contributed by atoms with van der Waals surface area (Å²) in [4.78, 5) is 32.5. The van der Waals surface area contributed by atoms with Crippen molar-refractivity contribution in [3.63, 3.8) is 0 Å². The summed E-state index contributed by atoms with van der Waals surface area (Å²) in [6.45, 7) is 3.65. The summed E-state index contributed by atoms with van der Waals surface area (Å²) in [5, 5.41) is 7.24. The van der Waals surface area contributed by atoms with Crippen LogP contribution in [-0.4, -0.2) is 25.7 Å². The normalized spacial score (nSPS) is 10.9. The molecule has 24 heavy (non-hydrogen) atoms. The molecule has 0 radical (unpaired) electrons. The van der Waals surface area contributed by atoms with Crippen molar-refractivity contribution in [2.24, 2.45) is 0 Å². The van der Waals surface area contributed by atoms with Gasteiger partial charge in [0.1, 0.15) is 18.0 Å². The first-order valence-electron chi connectivity index (χ1n) is 7.71. The van der Waals surface area contributed by atoms with Crippen molar-refractivity contribution in [3.8, 4) is 0 Å². The van der Waals surface area contributed by atoms with Crippen LogP contribution in [0, 0.1) is 0 Å². The maximum atomic E-state index is 12.5. The van der Waals surface area contributed by atoms with Gasteiger partial charge in [0.2, 0.25) is 11.9 Å². The molecule has 0 aliphatic rings. The Balaban J connectivity index is 1.93. The molecule has 8 nitrogen and oxygen atoms in total. The fraction of sp³-hybridized carbons (Fsp3) is 0.312. The van der Waals surface area contributed by atoms with Gasteiger partial charge in [0.05, 0.1) is 5.39 Å². The lowest BCUT2D eigenvalue weighted by Crippen LogP contribution is -2.30. The zero-order valence-corrected chi connectivity index (χ0v) is 13.4. The van der Waals surface area contributed by atoms with Gasteiger partial charge in [-0.25, -0.2) is 14.6 Å². The minimum atomic E-state index is -0.420. The Morgan fingerprint density at radius 3 is 2.67 bits per heavy atom. The van der Waals surface area contributed by atoms with Crippen LogP contribution in [0.2, 0.25) is 0 Å². The Morgan fingerprint density at radius 1 is 1.25 bits per heavy atom. The van der Waals surface area contributed by atoms with E-state index < -0.39 is 5.91 Å². The Labute approximate surface area is 137 Å². The summed E-state index contributed by atoms with van der Waals surface area (Å²) >= 11 is 0. The van der Waals surface area contributed by atoms with E-state index in [9.17, 15) is 9.59 Å². The summed E-state index contributed by atoms with van der Waals surface area (Å²) in [6, 6.07) is 3.36. The highest BCUT2D eigenvalue weighted by atomic mass is 16.3. The van der Waals surface area contributed by atoms with Crippen molar-refractivity contribution >= 4 is 22.8 Å². The number of nitrogens with zero attached hydrogens (tertiary/aromatic N) is 4. The minimum absolute atomic E-state index is 0.184. The van der Waals surface area contributed by atoms with Gasteiger partial charge in [-0.2, -0.15) is 5.10 Å². The summed E-state index contributed by atoms with van der Waals surface area (Å²) < 4.78 is 6.83. The van der Waals surface area contributed by atoms with Crippen molar-refractivity contribution in [1.29, 1.82) is 0 Å². The van der Waals surface area contributed by atoms with Crippen molar-refractivity contribution in [1.82, 2.24) is 19.7 Å². The van der Waals surface area contributed by atoms with Crippen LogP contribution in [0.4, 0.5) is 5.95 Å². The molecule has 0 aliphatic heterocycles. The number of carbonyl (C=O) groups excluding carboxylic acids is 1. The maximum Gasteiger partial charge on any atom is 0.278 e. The van der Waals surface area contributed by atoms with Crippen molar-refractivity contribution < 1.29 is 9.21 Å². The third-order valence-corrected chi connectivity index (χ3v) is 3.55. The van der Waals surface area contributed by atoms with Gasteiger partial charge in [0, 0.05) is 18.8 Å². The summed E-state index contributed by atoms with van der Waals surface area (Å²) in [5.41, 5.74) is 0.797. The molecule has 1 N–H and O–H groups in total. The number of hydrogen-bond donors (Lipinski definition) is 1. The molecule has 0 saturated carbocycles. The average Bonchev–Trinajstić information content (AvgIpc) is 3.03. The highest BCUT2D eigenvalue weighted by Gasteiger charge is 2.16. The van der Waals surface area contributed by atoms with Crippen LogP contribution < -0.4 is 10.9 Å². The monoisotopic (exact) mass is 327 g/mol. The molecule has 124 valence electrons. The number of hydrogen-bond acceptors (Lipinski definition) is 6. The molecule has 0 spiro atoms. The zero-order valence-electron chi connectivity index (χ0n) is 13.4. The van der Waals surface area contributed by atoms with Gasteiger partial charge in [-0.3, -0.25) is 14.9 Å². The SMILES string of the molecule is CCc1cc2c(=O)n(CC(=O)Nc3ncccn3)nc(CC)c2o1. The molecule has 0 bridgehead atoms. The van der Waals surface area contributed by atoms with E-state index in [1.54, 1.807) is 12.1 Å². The molecule has 0 unspecified atom stereocenters. The number of fused-ring (bicyclic) bond motifs is 1. The first-order chi connectivity index (χ1) is 11.6. The lowest BCUT2D eigenvalue weighted by Gasteiger charge is -2.07. The number of nitrogens with one attached hydrogen (secondary N) is 1. The molecule has 3 rings (SSSR count). The van der Waals surface area contributed by atoms with E-state index in [0.717, 1.165) is 10.4 Å². The van der Waals surface area contributed by atoms with Gasteiger partial charge < -0.3 is 4.42 Å². The van der Waals surface area contributed by atoms with Crippen LogP contribution in [0.15, 0.2) is 33.7 Å². The van der Waals surface area contributed by atoms with E-state index >= 15 is 0 Å². The number of amides is 1. The predicted molar refractivity (Wildman–Crippen MR) is 87.7 cm³/mol. The third kappa shape index (κ3) is 3.03. The molecule has 0 atom stereocenters. The summed E-state index contributed by atoms with van der Waals surface area (Å²) in [6.07, 6.45) is 4.32. The van der Waals surface area contributed by atoms with Gasteiger partial charge in [-0.05, 0) is 18.6 Å². The van der Waals surface area contributed by atoms with Gasteiger partial charge in [0.15, 0.2) is 5.58 Å². The fourth-order valence-corrected chi connectivity index (χ4v) is 2.37. The van der Waals surface area contributed by atoms with Crippen molar-refractivity contribution in [3.05, 3.63) is 46.3 Å². The van der Waals surface area contributed by atoms with E-state index in [2.05, 4.69) is 20.4 Å². The van der Waals surface area contributed by atoms with Crippen LogP contribution in [0.25, 0.3) is 11.0 Å². The van der Waals surface area contributed by atoms with Gasteiger partial charge in [-0.15, -0.1) is 0 Å². The van der Waals surface area contributed by atoms with Crippen LogP contribution in [0.5, 0.6) is 0 Å². The lowest BCUT2D eigenvalue weighted by atomic mass is 10.2. The summed E-state index contributed by atoms with van der Waals surface area (Å²) in [5.74, 6) is 0.485. The predicted octanol–water partition coefficient (Wildman–Crippen LogP) is 1.54. The van der Waals surface area contributed by atoms with E-state index in [-0.39, 0.29) is 18.1 Å². The highest BCUT2D eigenvalue weighted by Crippen LogP contribution is 2.19. The average molecular weight is 327 g/mol. The number of aromatic nitrogens is 4. The molecular weight excluding hydrogens is 310 g/mol. The van der Waals surface area contributed by atoms with E-state index in [4.69, 9.17) is 4.42 Å². The van der Waals surface area contributed by atoms with Crippen LogP contribution in [-0.2, 0) is 24.2 Å². The van der Waals surface area contributed by atoms with E-state index in [0.29, 0.717) is 29.5 Å². The van der Waals surface area contributed by atoms with Crippen molar-refractivity contribution in [2.75, 3.05) is 5.32 Å². The second-order valence-corrected chi connectivity index (χ2v) is 5.19. The first kappa shape index (κ1) is 15.9. The highest BCUT2D eigenvalue weighted by molar-refractivity contribution is 5.89. The Morgan fingerprint density at radius 2 is 2.00 bits per heavy atom. The van der Waals surface area contributed by atoms with Crippen LogP contribution in [0.1, 0.15) is 25.3 Å². The largest absolute Gasteiger partial charge is 0.459 e. The third-order valence-electron chi connectivity index (χ3n) is 3.55. The quantitative estimate of drug-likeness (QED) is 0.762. The summed E-state index contributed by atoms with van der Waals surface area (Å²) in [7, 11) is 0. The topological polar surface area (TPSA) is 103 Å². The molecule has 8 heteroatoms. The van der Waals surface area contributed by atoms with E-state index in [1.807, 2.05) is 13.8 Å². The molecular formula is C16H17N5O3. The number of furan rings is 1. The molecule has 1 amide bonds. The second-order valence-electron chi connectivity index (χ2n) is 5.19. The maximum absolute atomic E-state index is 12.5. The Kier molecular flexibility index (Phi) is 4.37. The molecule has 3 heterocycles. The molecule has 3 aromatic rings. The Bertz CT molecular complexity index is 930. The lowest BCUT2D eigenvalue weighted by molar-refractivity contribution is -0.117. The number of anilines is 1. The smallest absolute Gasteiger partial charge is 0.278 e. The van der Waals surface area contributed by atoms with Crippen LogP contribution in [0.3, 0.4) is 0 Å². The number of aryl methyl sites for hydroxylation is 2. The zero-order chi connectivity index (χ0) is 17.1. The first-order valence-corrected chi connectivity index (χ1v) is 7.71. The van der Waals surface area contributed by atoms with Gasteiger partial charge >= 0.3 is 0 Å². The fourth-order valence-electron chi connectivity index (χ4n) is 2.37. The molecule has 3 aromatic heterocycles. The van der Waals surface area contributed by atoms with Crippen molar-refractivity contribution in [2.45, 2.75) is 33.2 Å². The van der Waals surface area contributed by atoms with Crippen LogP contribution >= 0.6 is 0 Å². The minimum Gasteiger partial charge on any atom is -0.459 e. The standard InChI is InChI=1S/C16H17N5O3/c1-3-10-8-11-14(24-10)12(4-2)20-21(15(11)23)9-13(22)19-16-17-6-5-7-18-16/h5-8H,3-4,9H2,1-2H3,(H,17,18,19,22). The molecule has 0 fully saturated rings. The van der Waals surface area contributed by atoms with Gasteiger partial charge in [0.25, 0.3) is 5.56 Å². The molecule has 0 aliphatic carbocycles. The Hall–Kier alpha value is -3.03. The second kappa shape index (κ2) is 6.61. The van der Waals surface area contributed by atoms with Gasteiger partial charge in [-0.1, -0.05) is 13.8 Å². The molecule has 0 saturated heterocycles. The number of rotatable bonds is 5. The van der Waals surface area contributed by atoms with E-state index in [1.165, 1.54) is 12.4 Å². The molecule has 0 aromatic carbocycles. The number of carbonyl (C=O) groups is 1.